The first-order valence-corrected chi connectivity index (χ1v) is 16.6. The molecule has 0 saturated carbocycles. The van der Waals surface area contributed by atoms with Gasteiger partial charge in [-0.1, -0.05) is 58.9 Å². The highest BCUT2D eigenvalue weighted by atomic mass is 16.5. The van der Waals surface area contributed by atoms with Crippen molar-refractivity contribution in [3.63, 3.8) is 0 Å². The summed E-state index contributed by atoms with van der Waals surface area (Å²) >= 11 is 0. The van der Waals surface area contributed by atoms with Crippen molar-refractivity contribution in [1.82, 2.24) is 40.5 Å². The second-order valence-corrected chi connectivity index (χ2v) is 13.8. The van der Waals surface area contributed by atoms with Crippen LogP contribution < -0.4 is 26.0 Å². The summed E-state index contributed by atoms with van der Waals surface area (Å²) in [6, 6.07) is 12.7. The van der Waals surface area contributed by atoms with Gasteiger partial charge in [0.1, 0.15) is 23.5 Å². The van der Waals surface area contributed by atoms with Crippen LogP contribution >= 0.6 is 0 Å². The lowest BCUT2D eigenvalue weighted by Crippen LogP contribution is -2.36. The van der Waals surface area contributed by atoms with E-state index in [1.807, 2.05) is 67.8 Å². The van der Waals surface area contributed by atoms with E-state index in [9.17, 15) is 9.59 Å². The lowest BCUT2D eigenvalue weighted by molar-refractivity contribution is 0.0943. The van der Waals surface area contributed by atoms with Crippen molar-refractivity contribution in [3.05, 3.63) is 77.1 Å². The lowest BCUT2D eigenvalue weighted by atomic mass is 9.85. The Morgan fingerprint density at radius 1 is 0.980 bits per heavy atom. The molecule has 0 bridgehead atoms. The molecule has 14 heteroatoms. The second-order valence-electron chi connectivity index (χ2n) is 13.8. The zero-order valence-electron chi connectivity index (χ0n) is 29.0. The Kier molecular flexibility index (Phi) is 11.1. The molecular formula is C35H47N9O5. The van der Waals surface area contributed by atoms with E-state index in [1.54, 1.807) is 13.2 Å². The van der Waals surface area contributed by atoms with Gasteiger partial charge >= 0.3 is 6.03 Å². The standard InChI is InChI=1S/C35H47N9O5/c1-34(2,3)27-19-28(40-30(39-27)31(46)37-16-15-36-17-18-45)41-33(47)38-25-12-13-26(24-10-8-7-9-23(24)25)49-22-11-14-29-42-43-32(44(29)20-22)35(4,5)21-48-6/h7-11,14,19-20,25-26,36,45H,12-13,15-18,21H2,1-6H3,(H,37,46)(H2,38,39,40,41,47)/t25-,26+/m0/s1. The minimum atomic E-state index is -0.453. The Labute approximate surface area is 286 Å². The zero-order chi connectivity index (χ0) is 35.2. The molecule has 0 fully saturated rings. The molecule has 1 aliphatic rings. The number of carbonyl (C=O) groups is 2. The van der Waals surface area contributed by atoms with Gasteiger partial charge in [-0.15, -0.1) is 10.2 Å². The van der Waals surface area contributed by atoms with E-state index in [2.05, 4.69) is 55.3 Å². The van der Waals surface area contributed by atoms with Crippen LogP contribution in [0.5, 0.6) is 5.75 Å². The van der Waals surface area contributed by atoms with Crippen LogP contribution in [0, 0.1) is 0 Å². The highest BCUT2D eigenvalue weighted by Gasteiger charge is 2.31. The Hall–Kier alpha value is -4.66. The topological polar surface area (TPSA) is 177 Å². The molecule has 14 nitrogen and oxygen atoms in total. The summed E-state index contributed by atoms with van der Waals surface area (Å²) < 4.78 is 13.9. The largest absolute Gasteiger partial charge is 0.484 e. The van der Waals surface area contributed by atoms with Gasteiger partial charge in [0.05, 0.1) is 31.1 Å². The number of aliphatic hydroxyl groups is 1. The number of aromatic nitrogens is 5. The van der Waals surface area contributed by atoms with Crippen LogP contribution in [0.15, 0.2) is 48.7 Å². The molecule has 3 heterocycles. The number of rotatable bonds is 13. The average molecular weight is 674 g/mol. The summed E-state index contributed by atoms with van der Waals surface area (Å²) in [5.41, 5.74) is 2.55. The first-order chi connectivity index (χ1) is 23.4. The third kappa shape index (κ3) is 8.69. The van der Waals surface area contributed by atoms with Crippen LogP contribution in [0.4, 0.5) is 10.6 Å². The Morgan fingerprint density at radius 2 is 1.76 bits per heavy atom. The fraction of sp³-hybridized carbons (Fsp3) is 0.486. The van der Waals surface area contributed by atoms with E-state index < -0.39 is 17.4 Å². The maximum atomic E-state index is 13.4. The van der Waals surface area contributed by atoms with Crippen molar-refractivity contribution < 1.29 is 24.2 Å². The minimum absolute atomic E-state index is 0.0135. The maximum Gasteiger partial charge on any atom is 0.320 e. The highest BCUT2D eigenvalue weighted by molar-refractivity contribution is 5.92. The maximum absolute atomic E-state index is 13.4. The van der Waals surface area contributed by atoms with Gasteiger partial charge < -0.3 is 30.5 Å². The molecule has 5 N–H and O–H groups in total. The molecular weight excluding hydrogens is 626 g/mol. The monoisotopic (exact) mass is 673 g/mol. The highest BCUT2D eigenvalue weighted by Crippen LogP contribution is 2.39. The molecule has 0 spiro atoms. The number of anilines is 1. The Bertz CT molecular complexity index is 1770. The van der Waals surface area contributed by atoms with E-state index in [4.69, 9.17) is 14.6 Å². The van der Waals surface area contributed by atoms with Crippen molar-refractivity contribution in [3.8, 4) is 5.75 Å². The van der Waals surface area contributed by atoms with Crippen LogP contribution in [0.25, 0.3) is 5.65 Å². The van der Waals surface area contributed by atoms with Gasteiger partial charge in [-0.25, -0.2) is 14.8 Å². The molecule has 2 atom stereocenters. The first kappa shape index (κ1) is 35.6. The average Bonchev–Trinajstić information content (AvgIpc) is 3.49. The van der Waals surface area contributed by atoms with Crippen LogP contribution in [-0.4, -0.2) is 81.6 Å². The van der Waals surface area contributed by atoms with E-state index in [0.29, 0.717) is 50.5 Å². The van der Waals surface area contributed by atoms with Gasteiger partial charge in [0.2, 0.25) is 5.82 Å². The number of hydrogen-bond acceptors (Lipinski definition) is 10. The third-order valence-electron chi connectivity index (χ3n) is 8.32. The second kappa shape index (κ2) is 15.3. The molecule has 0 aliphatic heterocycles. The predicted molar refractivity (Wildman–Crippen MR) is 185 cm³/mol. The summed E-state index contributed by atoms with van der Waals surface area (Å²) in [4.78, 5) is 35.1. The number of carbonyl (C=O) groups excluding carboxylic acids is 2. The van der Waals surface area contributed by atoms with E-state index >= 15 is 0 Å². The molecule has 49 heavy (non-hydrogen) atoms. The molecule has 3 amide bonds. The van der Waals surface area contributed by atoms with Gasteiger partial charge in [0.25, 0.3) is 5.91 Å². The number of nitrogens with one attached hydrogen (secondary N) is 4. The van der Waals surface area contributed by atoms with Gasteiger partial charge in [-0.05, 0) is 36.1 Å². The number of ether oxygens (including phenoxy) is 2. The van der Waals surface area contributed by atoms with Crippen molar-refractivity contribution in [2.24, 2.45) is 0 Å². The molecule has 4 aromatic rings. The van der Waals surface area contributed by atoms with E-state index in [1.165, 1.54) is 0 Å². The molecule has 1 aliphatic carbocycles. The molecule has 5 rings (SSSR count). The van der Waals surface area contributed by atoms with E-state index in [-0.39, 0.29) is 35.8 Å². The van der Waals surface area contributed by atoms with Crippen molar-refractivity contribution in [2.75, 3.05) is 45.3 Å². The van der Waals surface area contributed by atoms with Crippen molar-refractivity contribution in [1.29, 1.82) is 0 Å². The van der Waals surface area contributed by atoms with Crippen LogP contribution in [0.2, 0.25) is 0 Å². The van der Waals surface area contributed by atoms with E-state index in [0.717, 1.165) is 22.6 Å². The number of urea groups is 1. The van der Waals surface area contributed by atoms with Gasteiger partial charge in [-0.3, -0.25) is 14.5 Å². The summed E-state index contributed by atoms with van der Waals surface area (Å²) in [6.45, 7) is 11.8. The minimum Gasteiger partial charge on any atom is -0.484 e. The van der Waals surface area contributed by atoms with Gasteiger partial charge in [-0.2, -0.15) is 0 Å². The first-order valence-electron chi connectivity index (χ1n) is 16.6. The fourth-order valence-corrected chi connectivity index (χ4v) is 5.87. The normalized spacial score (nSPS) is 16.2. The molecule has 0 radical (unpaired) electrons. The predicted octanol–water partition coefficient (Wildman–Crippen LogP) is 3.83. The number of fused-ring (bicyclic) bond motifs is 2. The summed E-state index contributed by atoms with van der Waals surface area (Å²) in [6.07, 6.45) is 3.01. The quantitative estimate of drug-likeness (QED) is 0.131. The van der Waals surface area contributed by atoms with Crippen LogP contribution in [0.3, 0.4) is 0 Å². The molecule has 262 valence electrons. The number of aliphatic hydroxyl groups excluding tert-OH is 1. The van der Waals surface area contributed by atoms with Gasteiger partial charge in [0, 0.05) is 43.6 Å². The van der Waals surface area contributed by atoms with Crippen molar-refractivity contribution >= 4 is 23.4 Å². The van der Waals surface area contributed by atoms with Crippen LogP contribution in [0.1, 0.15) is 92.9 Å². The number of nitrogens with zero attached hydrogens (tertiary/aromatic N) is 5. The summed E-state index contributed by atoms with van der Waals surface area (Å²) in [5, 5.41) is 29.4. The number of hydrogen-bond donors (Lipinski definition) is 5. The molecule has 1 aromatic carbocycles. The third-order valence-corrected chi connectivity index (χ3v) is 8.32. The Morgan fingerprint density at radius 3 is 2.49 bits per heavy atom. The number of pyridine rings is 1. The Balaban J connectivity index is 1.29. The number of benzene rings is 1. The summed E-state index contributed by atoms with van der Waals surface area (Å²) in [5.74, 6) is 1.21. The zero-order valence-corrected chi connectivity index (χ0v) is 29.0. The molecule has 0 saturated heterocycles. The van der Waals surface area contributed by atoms with Crippen molar-refractivity contribution in [2.45, 2.75) is 70.4 Å². The molecule has 0 unspecified atom stereocenters. The molecule has 3 aromatic heterocycles. The SMILES string of the molecule is COCC(C)(C)c1nnc2ccc(O[C@@H]3CC[C@H](NC(=O)Nc4cc(C(C)(C)C)nc(C(=O)NCCNCCO)n4)c4ccccc43)cn12. The lowest BCUT2D eigenvalue weighted by Gasteiger charge is -2.32. The summed E-state index contributed by atoms with van der Waals surface area (Å²) in [7, 11) is 1.67. The van der Waals surface area contributed by atoms with Gasteiger partial charge in [0.15, 0.2) is 5.65 Å². The smallest absolute Gasteiger partial charge is 0.320 e. The number of amides is 3. The number of methoxy groups -OCH3 is 1. The van der Waals surface area contributed by atoms with Crippen LogP contribution in [-0.2, 0) is 15.6 Å². The fourth-order valence-electron chi connectivity index (χ4n) is 5.87.